The first kappa shape index (κ1) is 10.5. The Morgan fingerprint density at radius 3 is 3.00 bits per heavy atom. The third-order valence-electron chi connectivity index (χ3n) is 3.65. The van der Waals surface area contributed by atoms with Crippen LogP contribution in [0.15, 0.2) is 36.7 Å². The van der Waals surface area contributed by atoms with Gasteiger partial charge >= 0.3 is 0 Å². The van der Waals surface area contributed by atoms with E-state index in [4.69, 9.17) is 5.73 Å². The van der Waals surface area contributed by atoms with E-state index in [9.17, 15) is 0 Å². The lowest BCUT2D eigenvalue weighted by molar-refractivity contribution is 0.498. The summed E-state index contributed by atoms with van der Waals surface area (Å²) in [4.78, 5) is 0. The van der Waals surface area contributed by atoms with Gasteiger partial charge in [-0.15, -0.1) is 0 Å². The Kier molecular flexibility index (Phi) is 2.48. The van der Waals surface area contributed by atoms with Gasteiger partial charge in [-0.3, -0.25) is 4.68 Å². The van der Waals surface area contributed by atoms with E-state index in [1.54, 1.807) is 0 Å². The largest absolute Gasteiger partial charge is 0.324 e. The van der Waals surface area contributed by atoms with Crippen LogP contribution >= 0.6 is 0 Å². The first-order chi connectivity index (χ1) is 8.24. The van der Waals surface area contributed by atoms with Crippen molar-refractivity contribution in [3.05, 3.63) is 53.3 Å². The zero-order valence-corrected chi connectivity index (χ0v) is 10.0. The Hall–Kier alpha value is -1.61. The summed E-state index contributed by atoms with van der Waals surface area (Å²) in [7, 11) is 1.93. The molecule has 0 bridgehead atoms. The van der Waals surface area contributed by atoms with Gasteiger partial charge in [0.05, 0.1) is 6.20 Å². The van der Waals surface area contributed by atoms with Crippen molar-refractivity contribution in [3.63, 3.8) is 0 Å². The van der Waals surface area contributed by atoms with Gasteiger partial charge in [-0.05, 0) is 29.9 Å². The van der Waals surface area contributed by atoms with Crippen LogP contribution in [0.1, 0.15) is 35.1 Å². The van der Waals surface area contributed by atoms with Crippen LogP contribution in [-0.4, -0.2) is 9.78 Å². The van der Waals surface area contributed by atoms with Crippen LogP contribution in [-0.2, 0) is 13.5 Å². The van der Waals surface area contributed by atoms with Crippen molar-refractivity contribution in [2.24, 2.45) is 12.8 Å². The van der Waals surface area contributed by atoms with Crippen LogP contribution in [0, 0.1) is 0 Å². The Morgan fingerprint density at radius 2 is 2.29 bits per heavy atom. The van der Waals surface area contributed by atoms with E-state index in [0.717, 1.165) is 12.0 Å². The molecule has 0 aliphatic heterocycles. The van der Waals surface area contributed by atoms with Crippen LogP contribution in [0.5, 0.6) is 0 Å². The molecule has 3 heteroatoms. The Morgan fingerprint density at radius 1 is 1.47 bits per heavy atom. The number of rotatable bonds is 3. The van der Waals surface area contributed by atoms with Crippen molar-refractivity contribution in [1.82, 2.24) is 9.78 Å². The average molecular weight is 227 g/mol. The molecule has 2 N–H and O–H groups in total. The number of nitrogens with zero attached hydrogens (tertiary/aromatic N) is 2. The van der Waals surface area contributed by atoms with Gasteiger partial charge in [-0.25, -0.2) is 0 Å². The second-order valence-corrected chi connectivity index (χ2v) is 4.89. The summed E-state index contributed by atoms with van der Waals surface area (Å²) in [5.74, 6) is 0.626. The van der Waals surface area contributed by atoms with Gasteiger partial charge in [-0.2, -0.15) is 5.10 Å². The zero-order valence-electron chi connectivity index (χ0n) is 10.0. The number of benzene rings is 1. The summed E-state index contributed by atoms with van der Waals surface area (Å²) in [6.45, 7) is 0. The van der Waals surface area contributed by atoms with Crippen molar-refractivity contribution < 1.29 is 0 Å². The second kappa shape index (κ2) is 4.00. The first-order valence-electron chi connectivity index (χ1n) is 6.06. The van der Waals surface area contributed by atoms with Crippen LogP contribution in [0.3, 0.4) is 0 Å². The molecule has 0 fully saturated rings. The molecule has 2 atom stereocenters. The monoisotopic (exact) mass is 227 g/mol. The van der Waals surface area contributed by atoms with Gasteiger partial charge in [0, 0.05) is 24.8 Å². The molecular weight excluding hydrogens is 210 g/mol. The minimum Gasteiger partial charge on any atom is -0.324 e. The summed E-state index contributed by atoms with van der Waals surface area (Å²) in [6, 6.07) is 8.75. The fourth-order valence-corrected chi connectivity index (χ4v) is 2.65. The fraction of sp³-hybridized carbons (Fsp3) is 0.357. The highest BCUT2D eigenvalue weighted by atomic mass is 15.2. The maximum atomic E-state index is 6.22. The molecule has 0 saturated heterocycles. The van der Waals surface area contributed by atoms with Crippen LogP contribution in [0.4, 0.5) is 0 Å². The summed E-state index contributed by atoms with van der Waals surface area (Å²) in [5, 5.41) is 4.17. The van der Waals surface area contributed by atoms with E-state index in [-0.39, 0.29) is 6.04 Å². The van der Waals surface area contributed by atoms with Gasteiger partial charge < -0.3 is 5.73 Å². The molecule has 3 nitrogen and oxygen atoms in total. The highest BCUT2D eigenvalue weighted by Gasteiger charge is 2.27. The topological polar surface area (TPSA) is 43.8 Å². The van der Waals surface area contributed by atoms with E-state index in [0.29, 0.717) is 5.92 Å². The van der Waals surface area contributed by atoms with Crippen LogP contribution < -0.4 is 5.73 Å². The van der Waals surface area contributed by atoms with Crippen molar-refractivity contribution in [2.45, 2.75) is 24.8 Å². The molecule has 1 aliphatic carbocycles. The number of aryl methyl sites for hydroxylation is 1. The molecular formula is C14H17N3. The molecule has 0 spiro atoms. The lowest BCUT2D eigenvalue weighted by Gasteiger charge is -2.31. The molecule has 2 aromatic rings. The van der Waals surface area contributed by atoms with Crippen LogP contribution in [0.2, 0.25) is 0 Å². The van der Waals surface area contributed by atoms with E-state index < -0.39 is 0 Å². The van der Waals surface area contributed by atoms with E-state index >= 15 is 0 Å². The predicted octanol–water partition coefficient (Wildman–Crippen LogP) is 2.15. The third-order valence-corrected chi connectivity index (χ3v) is 3.65. The van der Waals surface area contributed by atoms with Crippen LogP contribution in [0.25, 0.3) is 0 Å². The number of nitrogens with two attached hydrogens (primary N) is 1. The summed E-state index contributed by atoms with van der Waals surface area (Å²) in [6.07, 6.45) is 6.07. The molecule has 2 unspecified atom stereocenters. The highest BCUT2D eigenvalue weighted by Crippen LogP contribution is 2.39. The summed E-state index contributed by atoms with van der Waals surface area (Å²) in [5.41, 5.74) is 10.3. The van der Waals surface area contributed by atoms with Crippen molar-refractivity contribution in [1.29, 1.82) is 0 Å². The maximum absolute atomic E-state index is 6.22. The minimum atomic E-state index is 0.0991. The molecule has 88 valence electrons. The quantitative estimate of drug-likeness (QED) is 0.873. The number of fused-ring (bicyclic) bond motifs is 1. The average Bonchev–Trinajstić information content (AvgIpc) is 2.73. The SMILES string of the molecule is Cn1cc(C(N)CC2Cc3ccccc32)cn1. The molecule has 3 rings (SSSR count). The first-order valence-corrected chi connectivity index (χ1v) is 6.06. The molecule has 1 aromatic carbocycles. The lowest BCUT2D eigenvalue weighted by atomic mass is 9.74. The standard InChI is InChI=1S/C14H17N3/c1-17-9-12(8-16-17)14(15)7-11-6-10-4-2-3-5-13(10)11/h2-5,8-9,11,14H,6-7,15H2,1H3. The molecule has 1 aliphatic rings. The van der Waals surface area contributed by atoms with Crippen molar-refractivity contribution >= 4 is 0 Å². The van der Waals surface area contributed by atoms with Gasteiger partial charge in [0.1, 0.15) is 0 Å². The number of aromatic nitrogens is 2. The number of hydrogen-bond acceptors (Lipinski definition) is 2. The van der Waals surface area contributed by atoms with Gasteiger partial charge in [0.15, 0.2) is 0 Å². The lowest BCUT2D eigenvalue weighted by Crippen LogP contribution is -2.22. The Balaban J connectivity index is 1.70. The Labute approximate surface area is 101 Å². The molecule has 0 radical (unpaired) electrons. The van der Waals surface area contributed by atoms with Crippen molar-refractivity contribution in [2.75, 3.05) is 0 Å². The molecule has 1 aromatic heterocycles. The van der Waals surface area contributed by atoms with Crippen molar-refractivity contribution in [3.8, 4) is 0 Å². The molecule has 17 heavy (non-hydrogen) atoms. The van der Waals surface area contributed by atoms with E-state index in [1.807, 2.05) is 24.1 Å². The number of hydrogen-bond donors (Lipinski definition) is 1. The van der Waals surface area contributed by atoms with Gasteiger partial charge in [-0.1, -0.05) is 24.3 Å². The van der Waals surface area contributed by atoms with Gasteiger partial charge in [0.2, 0.25) is 0 Å². The molecule has 0 amide bonds. The molecule has 0 saturated carbocycles. The van der Waals surface area contributed by atoms with E-state index in [2.05, 4.69) is 29.4 Å². The summed E-state index contributed by atoms with van der Waals surface area (Å²) < 4.78 is 1.81. The Bertz CT molecular complexity index is 530. The fourth-order valence-electron chi connectivity index (χ4n) is 2.65. The summed E-state index contributed by atoms with van der Waals surface area (Å²) >= 11 is 0. The zero-order chi connectivity index (χ0) is 11.8. The minimum absolute atomic E-state index is 0.0991. The maximum Gasteiger partial charge on any atom is 0.0537 e. The molecule has 1 heterocycles. The second-order valence-electron chi connectivity index (χ2n) is 4.89. The normalized spacial score (nSPS) is 19.5. The highest BCUT2D eigenvalue weighted by molar-refractivity contribution is 5.40. The van der Waals surface area contributed by atoms with Gasteiger partial charge in [0.25, 0.3) is 0 Å². The van der Waals surface area contributed by atoms with E-state index in [1.165, 1.54) is 17.5 Å². The predicted molar refractivity (Wildman–Crippen MR) is 67.6 cm³/mol. The smallest absolute Gasteiger partial charge is 0.0537 e. The third kappa shape index (κ3) is 1.87.